The zero-order valence-electron chi connectivity index (χ0n) is 15.0. The Morgan fingerprint density at radius 3 is 2.62 bits per heavy atom. The van der Waals surface area contributed by atoms with Crippen LogP contribution in [0.4, 0.5) is 17.6 Å². The van der Waals surface area contributed by atoms with Crippen molar-refractivity contribution < 1.29 is 36.0 Å². The van der Waals surface area contributed by atoms with Crippen LogP contribution in [0.15, 0.2) is 30.6 Å². The number of halogens is 4. The summed E-state index contributed by atoms with van der Waals surface area (Å²) in [6, 6.07) is 2.53. The molecule has 0 N–H and O–H groups in total. The summed E-state index contributed by atoms with van der Waals surface area (Å²) in [7, 11) is -1.36. The van der Waals surface area contributed by atoms with E-state index in [0.29, 0.717) is 0 Å². The van der Waals surface area contributed by atoms with Crippen LogP contribution < -0.4 is 4.74 Å². The van der Waals surface area contributed by atoms with Crippen LogP contribution in [0.2, 0.25) is 0 Å². The average molecular weight is 433 g/mol. The minimum Gasteiger partial charge on any atom is -0.406 e. The van der Waals surface area contributed by atoms with E-state index in [1.54, 1.807) is 0 Å². The minimum absolute atomic E-state index is 0.0595. The minimum atomic E-state index is -4.92. The van der Waals surface area contributed by atoms with Crippen LogP contribution in [0.3, 0.4) is 0 Å². The standard InChI is InChI=1S/C17H15F4N3O4S/c1-29(26)14-9-27-5-4-24(14)16(25)15-22-7-10(8-23-15)12-6-11(2-3-13(12)18)28-17(19,20)21/h2-3,6-8,14H,4-5,9H2,1H3. The number of nitrogens with zero attached hydrogens (tertiary/aromatic N) is 3. The lowest BCUT2D eigenvalue weighted by Crippen LogP contribution is -2.50. The highest BCUT2D eigenvalue weighted by Gasteiger charge is 2.33. The number of rotatable bonds is 4. The van der Waals surface area contributed by atoms with E-state index < -0.39 is 40.0 Å². The largest absolute Gasteiger partial charge is 0.573 e. The van der Waals surface area contributed by atoms with Crippen molar-refractivity contribution in [3.8, 4) is 16.9 Å². The van der Waals surface area contributed by atoms with Gasteiger partial charge >= 0.3 is 6.36 Å². The van der Waals surface area contributed by atoms with Gasteiger partial charge in [0.1, 0.15) is 16.9 Å². The van der Waals surface area contributed by atoms with Crippen LogP contribution in [0.1, 0.15) is 10.6 Å². The number of hydrogen-bond donors (Lipinski definition) is 0. The number of morpholine rings is 1. The number of hydrogen-bond acceptors (Lipinski definition) is 6. The molecule has 1 aliphatic rings. The summed E-state index contributed by atoms with van der Waals surface area (Å²) < 4.78 is 72.0. The van der Waals surface area contributed by atoms with Crippen molar-refractivity contribution in [3.05, 3.63) is 42.2 Å². The van der Waals surface area contributed by atoms with Gasteiger partial charge in [0.15, 0.2) is 0 Å². The normalized spacial score (nSPS) is 18.4. The zero-order chi connectivity index (χ0) is 21.2. The van der Waals surface area contributed by atoms with E-state index in [1.807, 2.05) is 0 Å². The van der Waals surface area contributed by atoms with E-state index in [-0.39, 0.29) is 36.7 Å². The second-order valence-corrected chi connectivity index (χ2v) is 7.55. The Hall–Kier alpha value is -2.60. The molecule has 0 spiro atoms. The Labute approximate surface area is 165 Å². The van der Waals surface area contributed by atoms with Gasteiger partial charge < -0.3 is 14.4 Å². The molecule has 2 aromatic rings. The summed E-state index contributed by atoms with van der Waals surface area (Å²) in [5.74, 6) is -2.20. The third-order valence-electron chi connectivity index (χ3n) is 4.05. The Morgan fingerprint density at radius 2 is 2.00 bits per heavy atom. The highest BCUT2D eigenvalue weighted by atomic mass is 32.2. The van der Waals surface area contributed by atoms with Crippen LogP contribution in [0.25, 0.3) is 11.1 Å². The Balaban J connectivity index is 1.84. The van der Waals surface area contributed by atoms with Gasteiger partial charge in [0.2, 0.25) is 5.82 Å². The molecule has 1 fully saturated rings. The highest BCUT2D eigenvalue weighted by Crippen LogP contribution is 2.29. The van der Waals surface area contributed by atoms with E-state index >= 15 is 0 Å². The molecule has 156 valence electrons. The molecule has 2 atom stereocenters. The first-order valence-corrected chi connectivity index (χ1v) is 9.86. The molecule has 2 unspecified atom stereocenters. The lowest BCUT2D eigenvalue weighted by molar-refractivity contribution is -0.274. The molecule has 29 heavy (non-hydrogen) atoms. The quantitative estimate of drug-likeness (QED) is 0.689. The van der Waals surface area contributed by atoms with Gasteiger partial charge in [-0.15, -0.1) is 13.2 Å². The summed E-state index contributed by atoms with van der Waals surface area (Å²) in [6.45, 7) is 0.596. The number of ether oxygens (including phenoxy) is 2. The molecule has 2 heterocycles. The van der Waals surface area contributed by atoms with Crippen molar-refractivity contribution >= 4 is 16.7 Å². The molecule has 0 radical (unpaired) electrons. The fourth-order valence-electron chi connectivity index (χ4n) is 2.72. The zero-order valence-corrected chi connectivity index (χ0v) is 15.8. The number of carbonyl (C=O) groups excluding carboxylic acids is 1. The predicted octanol–water partition coefficient (Wildman–Crippen LogP) is 2.36. The van der Waals surface area contributed by atoms with E-state index in [0.717, 1.165) is 30.6 Å². The summed E-state index contributed by atoms with van der Waals surface area (Å²) in [6.07, 6.45) is -1.24. The van der Waals surface area contributed by atoms with E-state index in [9.17, 15) is 26.6 Å². The van der Waals surface area contributed by atoms with Crippen LogP contribution in [0, 0.1) is 5.82 Å². The van der Waals surface area contributed by atoms with Gasteiger partial charge in [0, 0.05) is 47.1 Å². The monoisotopic (exact) mass is 433 g/mol. The molecule has 12 heteroatoms. The topological polar surface area (TPSA) is 81.6 Å². The van der Waals surface area contributed by atoms with Gasteiger partial charge in [0.25, 0.3) is 5.91 Å². The summed E-state index contributed by atoms with van der Waals surface area (Å²) in [5, 5.41) is -0.645. The maximum absolute atomic E-state index is 14.1. The fraction of sp³-hybridized carbons (Fsp3) is 0.353. The molecule has 3 rings (SSSR count). The van der Waals surface area contributed by atoms with Gasteiger partial charge in [-0.1, -0.05) is 0 Å². The second kappa shape index (κ2) is 8.41. The molecule has 1 aromatic heterocycles. The molecular formula is C17H15F4N3O4S. The number of benzene rings is 1. The summed E-state index contributed by atoms with van der Waals surface area (Å²) >= 11 is 0. The van der Waals surface area contributed by atoms with Crippen LogP contribution in [0.5, 0.6) is 5.75 Å². The Bertz CT molecular complexity index is 924. The molecule has 1 aromatic carbocycles. The molecule has 0 bridgehead atoms. The fourth-order valence-corrected chi connectivity index (χ4v) is 3.56. The average Bonchev–Trinajstić information content (AvgIpc) is 2.68. The van der Waals surface area contributed by atoms with Crippen molar-refractivity contribution in [3.63, 3.8) is 0 Å². The first-order valence-electron chi connectivity index (χ1n) is 8.24. The first kappa shape index (κ1) is 21.1. The van der Waals surface area contributed by atoms with E-state index in [1.165, 1.54) is 11.2 Å². The number of carbonyl (C=O) groups is 1. The Kier molecular flexibility index (Phi) is 6.13. The molecule has 7 nitrogen and oxygen atoms in total. The van der Waals surface area contributed by atoms with Gasteiger partial charge in [-0.2, -0.15) is 0 Å². The summed E-state index contributed by atoms with van der Waals surface area (Å²) in [4.78, 5) is 21.8. The van der Waals surface area contributed by atoms with Crippen molar-refractivity contribution in [2.75, 3.05) is 26.0 Å². The molecule has 1 aliphatic heterocycles. The van der Waals surface area contributed by atoms with Gasteiger partial charge in [-0.3, -0.25) is 9.00 Å². The second-order valence-electron chi connectivity index (χ2n) is 6.01. The van der Waals surface area contributed by atoms with Gasteiger partial charge in [0.05, 0.1) is 13.2 Å². The smallest absolute Gasteiger partial charge is 0.406 e. The Morgan fingerprint density at radius 1 is 1.31 bits per heavy atom. The predicted molar refractivity (Wildman–Crippen MR) is 93.8 cm³/mol. The maximum atomic E-state index is 14.1. The third kappa shape index (κ3) is 5.07. The number of aromatic nitrogens is 2. The van der Waals surface area contributed by atoms with E-state index in [2.05, 4.69) is 14.7 Å². The first-order chi connectivity index (χ1) is 13.7. The SMILES string of the molecule is CS(=O)C1COCCN1C(=O)c1ncc(-c2cc(OC(F)(F)F)ccc2F)cn1. The lowest BCUT2D eigenvalue weighted by Gasteiger charge is -2.33. The van der Waals surface area contributed by atoms with Crippen molar-refractivity contribution in [2.45, 2.75) is 11.7 Å². The van der Waals surface area contributed by atoms with Crippen LogP contribution in [-0.4, -0.2) is 62.7 Å². The third-order valence-corrected chi connectivity index (χ3v) is 5.21. The number of amides is 1. The van der Waals surface area contributed by atoms with Crippen molar-refractivity contribution in [2.24, 2.45) is 0 Å². The lowest BCUT2D eigenvalue weighted by atomic mass is 10.1. The number of alkyl halides is 3. The van der Waals surface area contributed by atoms with Gasteiger partial charge in [-0.05, 0) is 18.2 Å². The molecule has 0 aliphatic carbocycles. The molecule has 1 amide bonds. The highest BCUT2D eigenvalue weighted by molar-refractivity contribution is 7.84. The maximum Gasteiger partial charge on any atom is 0.573 e. The van der Waals surface area contributed by atoms with Crippen molar-refractivity contribution in [1.82, 2.24) is 14.9 Å². The molecule has 1 saturated heterocycles. The van der Waals surface area contributed by atoms with Crippen LogP contribution >= 0.6 is 0 Å². The molecular weight excluding hydrogens is 418 g/mol. The van der Waals surface area contributed by atoms with E-state index in [4.69, 9.17) is 4.74 Å². The van der Waals surface area contributed by atoms with Crippen molar-refractivity contribution in [1.29, 1.82) is 0 Å². The summed E-state index contributed by atoms with van der Waals surface area (Å²) in [5.41, 5.74) is -0.158. The molecule has 0 saturated carbocycles. The van der Waals surface area contributed by atoms with Gasteiger partial charge in [-0.25, -0.2) is 14.4 Å². The van der Waals surface area contributed by atoms with Crippen LogP contribution in [-0.2, 0) is 15.5 Å².